The number of hydrogen-bond acceptors (Lipinski definition) is 4. The maximum Gasteiger partial charge on any atom is 0.281 e. The summed E-state index contributed by atoms with van der Waals surface area (Å²) in [4.78, 5) is 49.4. The molecule has 0 spiro atoms. The Balaban J connectivity index is 2.77. The predicted molar refractivity (Wildman–Crippen MR) is 90.7 cm³/mol. The van der Waals surface area contributed by atoms with E-state index in [9.17, 15) is 19.2 Å². The fourth-order valence-electron chi connectivity index (χ4n) is 2.85. The first-order chi connectivity index (χ1) is 11.6. The van der Waals surface area contributed by atoms with Crippen LogP contribution < -0.4 is 22.1 Å². The van der Waals surface area contributed by atoms with Gasteiger partial charge in [0.05, 0.1) is 6.54 Å². The zero-order valence-corrected chi connectivity index (χ0v) is 15.2. The van der Waals surface area contributed by atoms with E-state index < -0.39 is 29.9 Å². The molecule has 1 aliphatic rings. The Labute approximate surface area is 147 Å². The summed E-state index contributed by atoms with van der Waals surface area (Å²) in [7, 11) is 0. The molecule has 0 radical (unpaired) electrons. The average molecular weight is 356 g/mol. The van der Waals surface area contributed by atoms with Gasteiger partial charge in [0.2, 0.25) is 17.7 Å². The van der Waals surface area contributed by atoms with Gasteiger partial charge in [-0.1, -0.05) is 13.8 Å². The molecule has 1 saturated heterocycles. The van der Waals surface area contributed by atoms with Gasteiger partial charge in [-0.15, -0.1) is 0 Å². The summed E-state index contributed by atoms with van der Waals surface area (Å²) in [6.45, 7) is 5.77. The molecule has 1 heterocycles. The van der Waals surface area contributed by atoms with E-state index in [4.69, 9.17) is 5.73 Å². The van der Waals surface area contributed by atoms with Gasteiger partial charge in [-0.05, 0) is 32.1 Å². The van der Waals surface area contributed by atoms with Crippen molar-refractivity contribution in [2.75, 3.05) is 13.1 Å². The molecule has 0 unspecified atom stereocenters. The second-order valence-electron chi connectivity index (χ2n) is 6.97. The van der Waals surface area contributed by atoms with Crippen molar-refractivity contribution in [3.05, 3.63) is 0 Å². The predicted octanol–water partition coefficient (Wildman–Crippen LogP) is -2.26. The molecule has 7 N–H and O–H groups in total. The van der Waals surface area contributed by atoms with Crippen LogP contribution in [0.25, 0.3) is 0 Å². The van der Waals surface area contributed by atoms with Crippen LogP contribution in [0.4, 0.5) is 0 Å². The number of rotatable bonds is 8. The van der Waals surface area contributed by atoms with Gasteiger partial charge in [-0.3, -0.25) is 19.2 Å². The molecule has 1 aliphatic heterocycles. The van der Waals surface area contributed by atoms with Gasteiger partial charge in [0, 0.05) is 6.54 Å². The third-order valence-electron chi connectivity index (χ3n) is 4.04. The zero-order chi connectivity index (χ0) is 19.1. The van der Waals surface area contributed by atoms with Crippen LogP contribution in [-0.2, 0) is 19.2 Å². The monoisotopic (exact) mass is 356 g/mol. The molecule has 9 nitrogen and oxygen atoms in total. The smallest absolute Gasteiger partial charge is 0.281 e. The molecular weight excluding hydrogens is 326 g/mol. The van der Waals surface area contributed by atoms with E-state index in [0.717, 1.165) is 6.42 Å². The van der Waals surface area contributed by atoms with Crippen molar-refractivity contribution < 1.29 is 24.9 Å². The van der Waals surface area contributed by atoms with Gasteiger partial charge in [-0.2, -0.15) is 0 Å². The number of carbonyl (C=O) groups is 4. The Morgan fingerprint density at radius 1 is 1.24 bits per heavy atom. The van der Waals surface area contributed by atoms with Crippen molar-refractivity contribution in [1.29, 1.82) is 0 Å². The number of nitrogens with zero attached hydrogens (tertiary/aromatic N) is 1. The van der Waals surface area contributed by atoms with Crippen LogP contribution >= 0.6 is 0 Å². The Morgan fingerprint density at radius 2 is 1.88 bits per heavy atom. The molecule has 0 aliphatic carbocycles. The molecule has 0 bridgehead atoms. The Kier molecular flexibility index (Phi) is 7.82. The lowest BCUT2D eigenvalue weighted by Gasteiger charge is -2.27. The van der Waals surface area contributed by atoms with E-state index >= 15 is 0 Å². The van der Waals surface area contributed by atoms with Crippen molar-refractivity contribution in [2.24, 2.45) is 11.7 Å². The number of amides is 4. The normalized spacial score (nSPS) is 19.4. The number of carbonyl (C=O) groups excluding carboxylic acids is 4. The molecule has 1 fully saturated rings. The van der Waals surface area contributed by atoms with Crippen molar-refractivity contribution in [3.63, 3.8) is 0 Å². The van der Waals surface area contributed by atoms with Crippen molar-refractivity contribution in [1.82, 2.24) is 15.5 Å². The van der Waals surface area contributed by atoms with Crippen LogP contribution in [-0.4, -0.2) is 59.7 Å². The first-order valence-corrected chi connectivity index (χ1v) is 8.63. The molecule has 1 rings (SSSR count). The SMILES string of the molecule is CC(C)C[C@H](NC(=O)[C@H]1CCCN1C(=O)[C@H](C)[NH3+])C(=O)NCC(N)=O. The molecule has 142 valence electrons. The van der Waals surface area contributed by atoms with Crippen LogP contribution in [0.3, 0.4) is 0 Å². The molecule has 3 atom stereocenters. The molecule has 0 aromatic heterocycles. The lowest BCUT2D eigenvalue weighted by Crippen LogP contribution is -2.67. The molecular formula is C16H30N5O4+. The minimum atomic E-state index is -0.776. The highest BCUT2D eigenvalue weighted by molar-refractivity contribution is 5.94. The van der Waals surface area contributed by atoms with Gasteiger partial charge >= 0.3 is 0 Å². The Hall–Kier alpha value is -2.16. The topological polar surface area (TPSA) is 149 Å². The third-order valence-corrected chi connectivity index (χ3v) is 4.04. The van der Waals surface area contributed by atoms with E-state index in [2.05, 4.69) is 16.4 Å². The Morgan fingerprint density at radius 3 is 2.40 bits per heavy atom. The molecule has 0 aromatic rings. The summed E-state index contributed by atoms with van der Waals surface area (Å²) in [5.74, 6) is -1.48. The first kappa shape index (κ1) is 20.9. The lowest BCUT2D eigenvalue weighted by molar-refractivity contribution is -0.400. The minimum Gasteiger partial charge on any atom is -0.368 e. The van der Waals surface area contributed by atoms with Crippen LogP contribution in [0.1, 0.15) is 40.0 Å². The summed E-state index contributed by atoms with van der Waals surface area (Å²) < 4.78 is 0. The van der Waals surface area contributed by atoms with Crippen LogP contribution in [0.5, 0.6) is 0 Å². The number of nitrogens with two attached hydrogens (primary N) is 1. The zero-order valence-electron chi connectivity index (χ0n) is 15.2. The summed E-state index contributed by atoms with van der Waals surface area (Å²) >= 11 is 0. The van der Waals surface area contributed by atoms with Crippen molar-refractivity contribution >= 4 is 23.6 Å². The largest absolute Gasteiger partial charge is 0.368 e. The van der Waals surface area contributed by atoms with E-state index in [1.807, 2.05) is 13.8 Å². The van der Waals surface area contributed by atoms with Crippen molar-refractivity contribution in [3.8, 4) is 0 Å². The second kappa shape index (κ2) is 9.36. The minimum absolute atomic E-state index is 0.158. The number of nitrogens with one attached hydrogen (secondary N) is 2. The number of likely N-dealkylation sites (tertiary alicyclic amines) is 1. The second-order valence-corrected chi connectivity index (χ2v) is 6.97. The van der Waals surface area contributed by atoms with Crippen LogP contribution in [0.15, 0.2) is 0 Å². The van der Waals surface area contributed by atoms with E-state index in [1.165, 1.54) is 4.90 Å². The summed E-state index contributed by atoms with van der Waals surface area (Å²) in [5, 5.41) is 5.14. The fourth-order valence-corrected chi connectivity index (χ4v) is 2.85. The highest BCUT2D eigenvalue weighted by Gasteiger charge is 2.37. The van der Waals surface area contributed by atoms with Crippen LogP contribution in [0, 0.1) is 5.92 Å². The summed E-state index contributed by atoms with van der Waals surface area (Å²) in [6.07, 6.45) is 1.71. The average Bonchev–Trinajstić information content (AvgIpc) is 2.99. The van der Waals surface area contributed by atoms with Gasteiger partial charge < -0.3 is 27.0 Å². The molecule has 25 heavy (non-hydrogen) atoms. The van der Waals surface area contributed by atoms with Gasteiger partial charge in [0.1, 0.15) is 12.1 Å². The number of primary amides is 1. The van der Waals surface area contributed by atoms with Crippen molar-refractivity contribution in [2.45, 2.75) is 58.2 Å². The quantitative estimate of drug-likeness (QED) is 0.388. The van der Waals surface area contributed by atoms with Gasteiger partial charge in [0.25, 0.3) is 5.91 Å². The van der Waals surface area contributed by atoms with Gasteiger partial charge in [0.15, 0.2) is 6.04 Å². The Bertz CT molecular complexity index is 521. The maximum atomic E-state index is 12.6. The van der Waals surface area contributed by atoms with E-state index in [-0.39, 0.29) is 24.3 Å². The summed E-state index contributed by atoms with van der Waals surface area (Å²) in [5.41, 5.74) is 8.75. The molecule has 0 saturated carbocycles. The molecule has 9 heteroatoms. The van der Waals surface area contributed by atoms with E-state index in [0.29, 0.717) is 19.4 Å². The highest BCUT2D eigenvalue weighted by Crippen LogP contribution is 2.18. The lowest BCUT2D eigenvalue weighted by atomic mass is 10.0. The third kappa shape index (κ3) is 6.33. The highest BCUT2D eigenvalue weighted by atomic mass is 16.2. The molecule has 4 amide bonds. The standard InChI is InChI=1S/C16H29N5O4/c1-9(2)7-11(14(23)19-8-13(18)22)20-15(24)12-5-4-6-21(12)16(25)10(3)17/h9-12H,4-8,17H2,1-3H3,(H2,18,22)(H,19,23)(H,20,24)/p+1/t10-,11-,12+/m0/s1. The van der Waals surface area contributed by atoms with Gasteiger partial charge in [-0.25, -0.2) is 0 Å². The van der Waals surface area contributed by atoms with E-state index in [1.54, 1.807) is 6.92 Å². The fraction of sp³-hybridized carbons (Fsp3) is 0.750. The number of hydrogen-bond donors (Lipinski definition) is 4. The number of quaternary nitrogens is 1. The summed E-state index contributed by atoms with van der Waals surface area (Å²) in [6, 6.07) is -1.80. The maximum absolute atomic E-state index is 12.6. The molecule has 0 aromatic carbocycles. The van der Waals surface area contributed by atoms with Crippen LogP contribution in [0.2, 0.25) is 0 Å². The first-order valence-electron chi connectivity index (χ1n) is 8.63.